The maximum atomic E-state index is 2.41. The van der Waals surface area contributed by atoms with E-state index in [-0.39, 0.29) is 10.8 Å². The van der Waals surface area contributed by atoms with Crippen molar-refractivity contribution in [3.8, 4) is 22.3 Å². The number of hydrogen-bond donors (Lipinski definition) is 0. The lowest BCUT2D eigenvalue weighted by atomic mass is 9.72. The molecule has 0 saturated heterocycles. The van der Waals surface area contributed by atoms with Crippen LogP contribution in [0, 0.1) is 0 Å². The smallest absolute Gasteiger partial charge is 0.0162 e. The van der Waals surface area contributed by atoms with Gasteiger partial charge in [-0.2, -0.15) is 0 Å². The van der Waals surface area contributed by atoms with Gasteiger partial charge in [0.1, 0.15) is 0 Å². The fourth-order valence-electron chi connectivity index (χ4n) is 5.95. The van der Waals surface area contributed by atoms with Crippen molar-refractivity contribution in [2.75, 3.05) is 0 Å². The normalized spacial score (nSPS) is 17.1. The average molecular weight is 361 g/mol. The molecule has 2 aliphatic rings. The second kappa shape index (κ2) is 4.94. The second-order valence-electron chi connectivity index (χ2n) is 9.42. The van der Waals surface area contributed by atoms with Crippen molar-refractivity contribution in [3.05, 3.63) is 95.1 Å². The van der Waals surface area contributed by atoms with Gasteiger partial charge in [0.2, 0.25) is 0 Å². The van der Waals surface area contributed by atoms with Crippen LogP contribution in [0.25, 0.3) is 33.0 Å². The van der Waals surface area contributed by atoms with Crippen LogP contribution in [0.5, 0.6) is 0 Å². The first-order valence-corrected chi connectivity index (χ1v) is 10.2. The minimum Gasteiger partial charge on any atom is -0.0619 e. The lowest BCUT2D eigenvalue weighted by Crippen LogP contribution is -2.24. The van der Waals surface area contributed by atoms with E-state index in [4.69, 9.17) is 0 Å². The standard InChI is InChI=1S/C28H24/c1-27(2)22-12-8-7-11-19(22)20-14-15-21-24-18-10-6-5-9-17(18)13-16-23(24)28(3,4)26(21)25(20)27/h5-16H,1-4H3. The van der Waals surface area contributed by atoms with E-state index in [1.54, 1.807) is 0 Å². The average Bonchev–Trinajstić information content (AvgIpc) is 3.08. The molecule has 0 heterocycles. The number of hydrogen-bond acceptors (Lipinski definition) is 0. The molecule has 0 radical (unpaired) electrons. The Labute approximate surface area is 166 Å². The number of rotatable bonds is 0. The molecule has 2 aliphatic carbocycles. The molecule has 136 valence electrons. The van der Waals surface area contributed by atoms with E-state index >= 15 is 0 Å². The van der Waals surface area contributed by atoms with Gasteiger partial charge in [-0.3, -0.25) is 0 Å². The molecule has 0 heteroatoms. The summed E-state index contributed by atoms with van der Waals surface area (Å²) in [5, 5.41) is 2.70. The zero-order valence-electron chi connectivity index (χ0n) is 16.9. The first kappa shape index (κ1) is 16.1. The highest BCUT2D eigenvalue weighted by atomic mass is 14.5. The molecule has 4 aromatic carbocycles. The monoisotopic (exact) mass is 360 g/mol. The van der Waals surface area contributed by atoms with E-state index in [0.29, 0.717) is 0 Å². The maximum Gasteiger partial charge on any atom is 0.0162 e. The topological polar surface area (TPSA) is 0 Å². The first-order valence-electron chi connectivity index (χ1n) is 10.2. The summed E-state index contributed by atoms with van der Waals surface area (Å²) in [6.45, 7) is 9.61. The molecule has 0 spiro atoms. The van der Waals surface area contributed by atoms with Gasteiger partial charge in [-0.05, 0) is 55.3 Å². The second-order valence-corrected chi connectivity index (χ2v) is 9.42. The zero-order chi connectivity index (χ0) is 19.3. The highest BCUT2D eigenvalue weighted by Gasteiger charge is 2.45. The number of fused-ring (bicyclic) bond motifs is 9. The summed E-state index contributed by atoms with van der Waals surface area (Å²) in [5.41, 5.74) is 11.7. The van der Waals surface area contributed by atoms with Gasteiger partial charge in [-0.15, -0.1) is 0 Å². The predicted octanol–water partition coefficient (Wildman–Crippen LogP) is 7.45. The Hall–Kier alpha value is -2.86. The minimum atomic E-state index is -0.000641. The Balaban J connectivity index is 1.78. The van der Waals surface area contributed by atoms with Crippen LogP contribution in [0.15, 0.2) is 72.8 Å². The van der Waals surface area contributed by atoms with E-state index in [2.05, 4.69) is 100 Å². The van der Waals surface area contributed by atoms with Crippen molar-refractivity contribution in [2.45, 2.75) is 38.5 Å². The fraction of sp³-hybridized carbons (Fsp3) is 0.214. The first-order chi connectivity index (χ1) is 13.4. The van der Waals surface area contributed by atoms with Gasteiger partial charge >= 0.3 is 0 Å². The van der Waals surface area contributed by atoms with E-state index in [9.17, 15) is 0 Å². The van der Waals surface area contributed by atoms with Crippen molar-refractivity contribution in [1.82, 2.24) is 0 Å². The molecule has 0 nitrogen and oxygen atoms in total. The Kier molecular flexibility index (Phi) is 2.85. The maximum absolute atomic E-state index is 2.41. The van der Waals surface area contributed by atoms with Gasteiger partial charge in [0.25, 0.3) is 0 Å². The molecule has 0 aromatic heterocycles. The predicted molar refractivity (Wildman–Crippen MR) is 119 cm³/mol. The van der Waals surface area contributed by atoms with Crippen molar-refractivity contribution < 1.29 is 0 Å². The zero-order valence-corrected chi connectivity index (χ0v) is 16.9. The van der Waals surface area contributed by atoms with E-state index in [1.165, 1.54) is 55.3 Å². The van der Waals surface area contributed by atoms with Crippen LogP contribution in [0.4, 0.5) is 0 Å². The summed E-state index contributed by atoms with van der Waals surface area (Å²) < 4.78 is 0. The van der Waals surface area contributed by atoms with Crippen LogP contribution in [0.3, 0.4) is 0 Å². The lowest BCUT2D eigenvalue weighted by molar-refractivity contribution is 0.601. The third-order valence-corrected chi connectivity index (χ3v) is 7.22. The van der Waals surface area contributed by atoms with Crippen LogP contribution >= 0.6 is 0 Å². The van der Waals surface area contributed by atoms with Crippen LogP contribution in [0.2, 0.25) is 0 Å². The SMILES string of the molecule is CC1(C)c2ccccc2-c2ccc3c(c21)C(C)(C)c1ccc2ccccc2c1-3. The van der Waals surface area contributed by atoms with E-state index in [1.807, 2.05) is 0 Å². The molecule has 0 saturated carbocycles. The van der Waals surface area contributed by atoms with Gasteiger partial charge in [0, 0.05) is 10.8 Å². The van der Waals surface area contributed by atoms with E-state index in [0.717, 1.165) is 0 Å². The molecule has 0 fully saturated rings. The summed E-state index contributed by atoms with van der Waals surface area (Å²) in [6.07, 6.45) is 0. The van der Waals surface area contributed by atoms with Crippen molar-refractivity contribution in [3.63, 3.8) is 0 Å². The Morgan fingerprint density at radius 1 is 0.500 bits per heavy atom. The molecule has 4 aromatic rings. The summed E-state index contributed by atoms with van der Waals surface area (Å²) in [4.78, 5) is 0. The molecule has 6 rings (SSSR count). The molecule has 0 atom stereocenters. The molecule has 0 amide bonds. The molecular formula is C28H24. The van der Waals surface area contributed by atoms with E-state index < -0.39 is 0 Å². The van der Waals surface area contributed by atoms with Gasteiger partial charge in [-0.25, -0.2) is 0 Å². The van der Waals surface area contributed by atoms with Crippen LogP contribution in [-0.4, -0.2) is 0 Å². The van der Waals surface area contributed by atoms with Crippen LogP contribution < -0.4 is 0 Å². The van der Waals surface area contributed by atoms with Gasteiger partial charge < -0.3 is 0 Å². The molecule has 0 bridgehead atoms. The molecule has 0 N–H and O–H groups in total. The highest BCUT2D eigenvalue weighted by Crippen LogP contribution is 2.59. The third-order valence-electron chi connectivity index (χ3n) is 7.22. The van der Waals surface area contributed by atoms with Gasteiger partial charge in [0.15, 0.2) is 0 Å². The van der Waals surface area contributed by atoms with Gasteiger partial charge in [-0.1, -0.05) is 100 Å². The quantitative estimate of drug-likeness (QED) is 0.305. The fourth-order valence-corrected chi connectivity index (χ4v) is 5.95. The highest BCUT2D eigenvalue weighted by molar-refractivity contribution is 6.04. The summed E-state index contributed by atoms with van der Waals surface area (Å²) in [5.74, 6) is 0. The van der Waals surface area contributed by atoms with Crippen LogP contribution in [0.1, 0.15) is 49.9 Å². The Morgan fingerprint density at radius 2 is 1.14 bits per heavy atom. The molecule has 28 heavy (non-hydrogen) atoms. The molecule has 0 unspecified atom stereocenters. The van der Waals surface area contributed by atoms with Crippen molar-refractivity contribution in [1.29, 1.82) is 0 Å². The molecule has 0 aliphatic heterocycles. The molecular weight excluding hydrogens is 336 g/mol. The van der Waals surface area contributed by atoms with Crippen molar-refractivity contribution in [2.24, 2.45) is 0 Å². The largest absolute Gasteiger partial charge is 0.0619 e. The lowest BCUT2D eigenvalue weighted by Gasteiger charge is -2.30. The third kappa shape index (κ3) is 1.72. The van der Waals surface area contributed by atoms with Gasteiger partial charge in [0.05, 0.1) is 0 Å². The summed E-state index contributed by atoms with van der Waals surface area (Å²) in [6, 6.07) is 27.2. The summed E-state index contributed by atoms with van der Waals surface area (Å²) in [7, 11) is 0. The minimum absolute atomic E-state index is 0.000641. The van der Waals surface area contributed by atoms with Crippen molar-refractivity contribution >= 4 is 10.8 Å². The Morgan fingerprint density at radius 3 is 2.00 bits per heavy atom. The van der Waals surface area contributed by atoms with Crippen LogP contribution in [-0.2, 0) is 10.8 Å². The summed E-state index contributed by atoms with van der Waals surface area (Å²) >= 11 is 0. The Bertz CT molecular complexity index is 1300. The number of benzene rings is 4.